The molecule has 0 aliphatic carbocycles. The highest BCUT2D eigenvalue weighted by Crippen LogP contribution is 2.11. The highest BCUT2D eigenvalue weighted by molar-refractivity contribution is 5.95. The van der Waals surface area contributed by atoms with Gasteiger partial charge in [-0.25, -0.2) is 4.79 Å². The van der Waals surface area contributed by atoms with E-state index in [0.29, 0.717) is 6.42 Å². The summed E-state index contributed by atoms with van der Waals surface area (Å²) >= 11 is 0. The second-order valence-electron chi connectivity index (χ2n) is 8.49. The summed E-state index contributed by atoms with van der Waals surface area (Å²) in [4.78, 5) is 75.7. The van der Waals surface area contributed by atoms with E-state index in [-0.39, 0.29) is 31.8 Å². The van der Waals surface area contributed by atoms with Gasteiger partial charge in [-0.2, -0.15) is 0 Å². The second kappa shape index (κ2) is 16.7. The second-order valence-corrected chi connectivity index (χ2v) is 8.49. The van der Waals surface area contributed by atoms with Gasteiger partial charge in [-0.15, -0.1) is 0 Å². The first-order chi connectivity index (χ1) is 17.2. The van der Waals surface area contributed by atoms with E-state index < -0.39 is 78.5 Å². The first-order valence-corrected chi connectivity index (χ1v) is 11.6. The van der Waals surface area contributed by atoms with Crippen LogP contribution in [0, 0.1) is 5.92 Å². The fourth-order valence-electron chi connectivity index (χ4n) is 3.10. The molecular weight excluding hydrogens is 492 g/mol. The molecule has 0 aromatic heterocycles. The molecule has 37 heavy (non-hydrogen) atoms. The van der Waals surface area contributed by atoms with Crippen molar-refractivity contribution in [1.29, 1.82) is 0 Å². The maximum atomic E-state index is 13.0. The number of amides is 4. The van der Waals surface area contributed by atoms with Crippen molar-refractivity contribution < 1.29 is 39.0 Å². The maximum absolute atomic E-state index is 13.0. The van der Waals surface area contributed by atoms with E-state index in [0.717, 1.165) is 0 Å². The SMILES string of the molecule is CCC(C)C(NC(=O)C(CCC(=O)O)NC(=O)C(N)CC(N)=O)C(=O)NC(CCCN=C(N)N)C(=O)O. The Labute approximate surface area is 214 Å². The fourth-order valence-corrected chi connectivity index (χ4v) is 3.10. The van der Waals surface area contributed by atoms with Gasteiger partial charge in [0.1, 0.15) is 18.1 Å². The van der Waals surface area contributed by atoms with Gasteiger partial charge >= 0.3 is 11.9 Å². The van der Waals surface area contributed by atoms with E-state index in [9.17, 15) is 33.9 Å². The van der Waals surface area contributed by atoms with E-state index in [1.54, 1.807) is 13.8 Å². The highest BCUT2D eigenvalue weighted by Gasteiger charge is 2.33. The lowest BCUT2D eigenvalue weighted by Gasteiger charge is -2.28. The summed E-state index contributed by atoms with van der Waals surface area (Å²) in [6, 6.07) is -5.28. The number of nitrogens with zero attached hydrogens (tertiary/aromatic N) is 1. The predicted molar refractivity (Wildman–Crippen MR) is 131 cm³/mol. The van der Waals surface area contributed by atoms with Crippen LogP contribution in [0.4, 0.5) is 0 Å². The minimum Gasteiger partial charge on any atom is -0.481 e. The molecule has 0 bridgehead atoms. The van der Waals surface area contributed by atoms with E-state index in [1.807, 2.05) is 0 Å². The normalized spacial score (nSPS) is 14.7. The van der Waals surface area contributed by atoms with Crippen LogP contribution in [0.1, 0.15) is 52.4 Å². The summed E-state index contributed by atoms with van der Waals surface area (Å²) in [6.45, 7) is 3.54. The van der Waals surface area contributed by atoms with Gasteiger partial charge in [-0.1, -0.05) is 20.3 Å². The lowest BCUT2D eigenvalue weighted by atomic mass is 9.96. The first-order valence-electron chi connectivity index (χ1n) is 11.6. The number of carboxylic acid groups (broad SMARTS) is 2. The molecule has 0 radical (unpaired) electrons. The number of hydrogen-bond acceptors (Lipinski definition) is 8. The zero-order valence-electron chi connectivity index (χ0n) is 20.9. The van der Waals surface area contributed by atoms with Crippen LogP contribution < -0.4 is 38.9 Å². The number of carboxylic acids is 2. The number of primary amides is 1. The number of aliphatic imine (C=N–C) groups is 1. The molecule has 4 amide bonds. The molecule has 0 saturated heterocycles. The van der Waals surface area contributed by atoms with Crippen molar-refractivity contribution in [2.75, 3.05) is 6.54 Å². The van der Waals surface area contributed by atoms with Crippen molar-refractivity contribution in [3.05, 3.63) is 0 Å². The van der Waals surface area contributed by atoms with Crippen LogP contribution in [-0.4, -0.2) is 82.5 Å². The van der Waals surface area contributed by atoms with Gasteiger partial charge in [0.05, 0.1) is 12.5 Å². The number of aliphatic carboxylic acids is 2. The Hall–Kier alpha value is -3.95. The van der Waals surface area contributed by atoms with Crippen LogP contribution in [0.3, 0.4) is 0 Å². The Morgan fingerprint density at radius 2 is 1.46 bits per heavy atom. The smallest absolute Gasteiger partial charge is 0.326 e. The van der Waals surface area contributed by atoms with Crippen LogP contribution >= 0.6 is 0 Å². The number of nitrogens with two attached hydrogens (primary N) is 4. The minimum absolute atomic E-state index is 0.00801. The molecular formula is C21H38N8O8. The number of hydrogen-bond donors (Lipinski definition) is 9. The molecule has 0 fully saturated rings. The van der Waals surface area contributed by atoms with E-state index >= 15 is 0 Å². The molecule has 0 rings (SSSR count). The zero-order chi connectivity index (χ0) is 28.7. The molecule has 0 saturated carbocycles. The molecule has 0 heterocycles. The third-order valence-corrected chi connectivity index (χ3v) is 5.39. The lowest BCUT2D eigenvalue weighted by Crippen LogP contribution is -2.58. The van der Waals surface area contributed by atoms with Gasteiger partial charge in [0.25, 0.3) is 0 Å². The van der Waals surface area contributed by atoms with Crippen molar-refractivity contribution in [1.82, 2.24) is 16.0 Å². The van der Waals surface area contributed by atoms with Crippen LogP contribution in [-0.2, 0) is 28.8 Å². The van der Waals surface area contributed by atoms with E-state index in [1.165, 1.54) is 0 Å². The summed E-state index contributed by atoms with van der Waals surface area (Å²) in [6.07, 6.45) is -0.667. The number of guanidine groups is 1. The molecule has 5 atom stereocenters. The molecule has 0 aromatic rings. The third-order valence-electron chi connectivity index (χ3n) is 5.39. The molecule has 0 spiro atoms. The van der Waals surface area contributed by atoms with Crippen LogP contribution in [0.2, 0.25) is 0 Å². The number of rotatable bonds is 18. The molecule has 210 valence electrons. The van der Waals surface area contributed by atoms with E-state index in [4.69, 9.17) is 28.0 Å². The average Bonchev–Trinajstić information content (AvgIpc) is 2.79. The number of carbonyl (C=O) groups is 6. The summed E-state index contributed by atoms with van der Waals surface area (Å²) in [5.74, 6) is -6.61. The van der Waals surface area contributed by atoms with Gasteiger partial charge in [0.2, 0.25) is 23.6 Å². The Kier molecular flexibility index (Phi) is 14.9. The van der Waals surface area contributed by atoms with Crippen LogP contribution in [0.5, 0.6) is 0 Å². The van der Waals surface area contributed by atoms with Crippen LogP contribution in [0.25, 0.3) is 0 Å². The highest BCUT2D eigenvalue weighted by atomic mass is 16.4. The predicted octanol–water partition coefficient (Wildman–Crippen LogP) is -3.31. The topological polar surface area (TPSA) is 295 Å². The maximum Gasteiger partial charge on any atom is 0.326 e. The van der Waals surface area contributed by atoms with Gasteiger partial charge < -0.3 is 49.1 Å². The molecule has 13 N–H and O–H groups in total. The largest absolute Gasteiger partial charge is 0.481 e. The van der Waals surface area contributed by atoms with Gasteiger partial charge in [-0.3, -0.25) is 29.0 Å². The Bertz CT molecular complexity index is 861. The molecule has 0 aliphatic rings. The van der Waals surface area contributed by atoms with Crippen molar-refractivity contribution in [2.24, 2.45) is 33.8 Å². The van der Waals surface area contributed by atoms with Gasteiger partial charge in [-0.05, 0) is 25.2 Å². The van der Waals surface area contributed by atoms with Crippen LogP contribution in [0.15, 0.2) is 4.99 Å². The number of carbonyl (C=O) groups excluding carboxylic acids is 4. The molecule has 5 unspecified atom stereocenters. The summed E-state index contributed by atoms with van der Waals surface area (Å²) in [7, 11) is 0. The van der Waals surface area contributed by atoms with Crippen molar-refractivity contribution in [3.63, 3.8) is 0 Å². The molecule has 0 aromatic carbocycles. The Morgan fingerprint density at radius 1 is 0.865 bits per heavy atom. The van der Waals surface area contributed by atoms with Crippen molar-refractivity contribution in [3.8, 4) is 0 Å². The minimum atomic E-state index is -1.41. The fraction of sp³-hybridized carbons (Fsp3) is 0.667. The lowest BCUT2D eigenvalue weighted by molar-refractivity contribution is -0.143. The molecule has 16 nitrogen and oxygen atoms in total. The standard InChI is InChI=1S/C21H38N8O8/c1-3-10(2)16(19(35)28-13(20(36)37)5-4-8-26-21(24)25)29-18(34)12(6-7-15(31)32)27-17(33)11(22)9-14(23)30/h10-13,16H,3-9,22H2,1-2H3,(H2,23,30)(H,27,33)(H,28,35)(H,29,34)(H,31,32)(H,36,37)(H4,24,25,26). The summed E-state index contributed by atoms with van der Waals surface area (Å²) < 4.78 is 0. The molecule has 0 aliphatic heterocycles. The Morgan fingerprint density at radius 3 is 1.95 bits per heavy atom. The molecule has 16 heteroatoms. The van der Waals surface area contributed by atoms with Gasteiger partial charge in [0.15, 0.2) is 5.96 Å². The summed E-state index contributed by atoms with van der Waals surface area (Å²) in [5.41, 5.74) is 21.1. The third kappa shape index (κ3) is 13.6. The monoisotopic (exact) mass is 530 g/mol. The van der Waals surface area contributed by atoms with Crippen molar-refractivity contribution in [2.45, 2.75) is 76.5 Å². The van der Waals surface area contributed by atoms with Gasteiger partial charge in [0, 0.05) is 13.0 Å². The average molecular weight is 531 g/mol. The van der Waals surface area contributed by atoms with E-state index in [2.05, 4.69) is 20.9 Å². The summed E-state index contributed by atoms with van der Waals surface area (Å²) in [5, 5.41) is 25.6. The number of nitrogens with one attached hydrogen (secondary N) is 3. The van der Waals surface area contributed by atoms with Crippen molar-refractivity contribution >= 4 is 41.5 Å². The zero-order valence-corrected chi connectivity index (χ0v) is 20.9. The quantitative estimate of drug-likeness (QED) is 0.0480. The first kappa shape index (κ1) is 33.0. The Balaban J connectivity index is 5.59.